The van der Waals surface area contributed by atoms with Crippen molar-refractivity contribution in [1.29, 1.82) is 0 Å². The van der Waals surface area contributed by atoms with Crippen LogP contribution in [0.5, 0.6) is 11.5 Å². The molecular weight excluding hydrogens is 322 g/mol. The number of methoxy groups -OCH3 is 1. The van der Waals surface area contributed by atoms with Crippen LogP contribution in [-0.2, 0) is 5.33 Å². The van der Waals surface area contributed by atoms with Gasteiger partial charge in [-0.05, 0) is 23.8 Å². The molecule has 0 heterocycles. The SMILES string of the molecule is COc1cccc(C(=O)Nc2ccccc2CBr)c1O. The number of phenols is 1. The zero-order valence-electron chi connectivity index (χ0n) is 10.9. The number of hydrogen-bond acceptors (Lipinski definition) is 3. The second-order valence-electron chi connectivity index (χ2n) is 4.10. The molecule has 1 amide bonds. The summed E-state index contributed by atoms with van der Waals surface area (Å²) in [6.07, 6.45) is 0. The maximum atomic E-state index is 12.2. The van der Waals surface area contributed by atoms with Gasteiger partial charge in [0.05, 0.1) is 12.7 Å². The summed E-state index contributed by atoms with van der Waals surface area (Å²) in [7, 11) is 1.44. The first-order chi connectivity index (χ1) is 9.67. The van der Waals surface area contributed by atoms with E-state index in [2.05, 4.69) is 21.2 Å². The molecule has 5 heteroatoms. The Hall–Kier alpha value is -2.01. The van der Waals surface area contributed by atoms with Gasteiger partial charge in [-0.15, -0.1) is 0 Å². The smallest absolute Gasteiger partial charge is 0.259 e. The van der Waals surface area contributed by atoms with Gasteiger partial charge in [-0.3, -0.25) is 4.79 Å². The van der Waals surface area contributed by atoms with Gasteiger partial charge in [0.25, 0.3) is 5.91 Å². The monoisotopic (exact) mass is 335 g/mol. The van der Waals surface area contributed by atoms with Crippen LogP contribution in [0.1, 0.15) is 15.9 Å². The average Bonchev–Trinajstić information content (AvgIpc) is 2.48. The van der Waals surface area contributed by atoms with E-state index in [1.807, 2.05) is 24.3 Å². The van der Waals surface area contributed by atoms with Crippen LogP contribution < -0.4 is 10.1 Å². The Morgan fingerprint density at radius 3 is 2.70 bits per heavy atom. The molecule has 2 aromatic carbocycles. The fourth-order valence-electron chi connectivity index (χ4n) is 1.82. The van der Waals surface area contributed by atoms with Crippen LogP contribution >= 0.6 is 15.9 Å². The Morgan fingerprint density at radius 1 is 1.25 bits per heavy atom. The lowest BCUT2D eigenvalue weighted by Gasteiger charge is -2.11. The number of amides is 1. The minimum Gasteiger partial charge on any atom is -0.504 e. The molecule has 0 radical (unpaired) electrons. The van der Waals surface area contributed by atoms with Crippen LogP contribution in [0.15, 0.2) is 42.5 Å². The van der Waals surface area contributed by atoms with Gasteiger partial charge in [0.2, 0.25) is 0 Å². The second kappa shape index (κ2) is 6.43. The first kappa shape index (κ1) is 14.4. The number of carbonyl (C=O) groups excluding carboxylic acids is 1. The van der Waals surface area contributed by atoms with Crippen LogP contribution in [0.2, 0.25) is 0 Å². The van der Waals surface area contributed by atoms with Gasteiger partial charge < -0.3 is 15.2 Å². The van der Waals surface area contributed by atoms with Crippen molar-refractivity contribution < 1.29 is 14.6 Å². The number of para-hydroxylation sites is 2. The van der Waals surface area contributed by atoms with Crippen molar-refractivity contribution >= 4 is 27.5 Å². The minimum absolute atomic E-state index is 0.163. The normalized spacial score (nSPS) is 10.1. The van der Waals surface area contributed by atoms with Gasteiger partial charge in [-0.2, -0.15) is 0 Å². The summed E-state index contributed by atoms with van der Waals surface area (Å²) in [4.78, 5) is 12.2. The minimum atomic E-state index is -0.380. The largest absolute Gasteiger partial charge is 0.504 e. The Bertz CT molecular complexity index is 628. The molecule has 2 N–H and O–H groups in total. The fraction of sp³-hybridized carbons (Fsp3) is 0.133. The van der Waals surface area contributed by atoms with Gasteiger partial charge in [-0.25, -0.2) is 0 Å². The Kier molecular flexibility index (Phi) is 4.63. The number of halogens is 1. The molecule has 104 valence electrons. The number of hydrogen-bond donors (Lipinski definition) is 2. The zero-order chi connectivity index (χ0) is 14.5. The van der Waals surface area contributed by atoms with Crippen LogP contribution in [0.4, 0.5) is 5.69 Å². The third-order valence-electron chi connectivity index (χ3n) is 2.87. The van der Waals surface area contributed by atoms with Crippen LogP contribution in [-0.4, -0.2) is 18.1 Å². The van der Waals surface area contributed by atoms with E-state index in [0.29, 0.717) is 11.0 Å². The number of aromatic hydroxyl groups is 1. The number of alkyl halides is 1. The number of rotatable bonds is 4. The number of anilines is 1. The molecule has 20 heavy (non-hydrogen) atoms. The molecule has 0 aromatic heterocycles. The molecule has 0 atom stereocenters. The third kappa shape index (κ3) is 2.93. The highest BCUT2D eigenvalue weighted by atomic mass is 79.9. The van der Waals surface area contributed by atoms with Crippen molar-refractivity contribution in [2.45, 2.75) is 5.33 Å². The van der Waals surface area contributed by atoms with E-state index in [4.69, 9.17) is 4.74 Å². The maximum absolute atomic E-state index is 12.2. The van der Waals surface area contributed by atoms with Gasteiger partial charge in [0.15, 0.2) is 11.5 Å². The number of carbonyl (C=O) groups is 1. The number of benzene rings is 2. The van der Waals surface area contributed by atoms with E-state index >= 15 is 0 Å². The highest BCUT2D eigenvalue weighted by Crippen LogP contribution is 2.30. The lowest BCUT2D eigenvalue weighted by atomic mass is 10.1. The standard InChI is InChI=1S/C15H14BrNO3/c1-20-13-8-4-6-11(14(13)18)15(19)17-12-7-3-2-5-10(12)9-16/h2-8,18H,9H2,1H3,(H,17,19). The molecule has 0 aliphatic heterocycles. The Morgan fingerprint density at radius 2 is 2.00 bits per heavy atom. The summed E-state index contributed by atoms with van der Waals surface area (Å²) in [6.45, 7) is 0. The quantitative estimate of drug-likeness (QED) is 0.840. The molecule has 0 bridgehead atoms. The summed E-state index contributed by atoms with van der Waals surface area (Å²) in [5, 5.41) is 13.4. The molecular formula is C15H14BrNO3. The summed E-state index contributed by atoms with van der Waals surface area (Å²) in [5.41, 5.74) is 1.84. The Labute approximate surface area is 125 Å². The average molecular weight is 336 g/mol. The number of phenolic OH excluding ortho intramolecular Hbond substituents is 1. The highest BCUT2D eigenvalue weighted by Gasteiger charge is 2.15. The molecule has 0 spiro atoms. The summed E-state index contributed by atoms with van der Waals surface area (Å²) < 4.78 is 4.99. The summed E-state index contributed by atoms with van der Waals surface area (Å²) >= 11 is 3.37. The molecule has 0 fully saturated rings. The number of ether oxygens (including phenoxy) is 1. The fourth-order valence-corrected chi connectivity index (χ4v) is 2.31. The van der Waals surface area contributed by atoms with E-state index in [-0.39, 0.29) is 23.0 Å². The summed E-state index contributed by atoms with van der Waals surface area (Å²) in [6, 6.07) is 12.3. The summed E-state index contributed by atoms with van der Waals surface area (Å²) in [5.74, 6) is -0.273. The van der Waals surface area contributed by atoms with Crippen molar-refractivity contribution in [2.24, 2.45) is 0 Å². The molecule has 2 rings (SSSR count). The third-order valence-corrected chi connectivity index (χ3v) is 3.48. The van der Waals surface area contributed by atoms with Gasteiger partial charge in [-0.1, -0.05) is 40.2 Å². The molecule has 2 aromatic rings. The van der Waals surface area contributed by atoms with Crippen LogP contribution in [0, 0.1) is 0 Å². The molecule has 0 saturated carbocycles. The van der Waals surface area contributed by atoms with Gasteiger partial charge in [0, 0.05) is 11.0 Å². The van der Waals surface area contributed by atoms with Crippen molar-refractivity contribution in [1.82, 2.24) is 0 Å². The van der Waals surface area contributed by atoms with E-state index in [1.54, 1.807) is 18.2 Å². The first-order valence-corrected chi connectivity index (χ1v) is 7.10. The van der Waals surface area contributed by atoms with E-state index < -0.39 is 0 Å². The predicted octanol–water partition coefficient (Wildman–Crippen LogP) is 3.55. The predicted molar refractivity (Wildman–Crippen MR) is 81.7 cm³/mol. The van der Waals surface area contributed by atoms with E-state index in [9.17, 15) is 9.90 Å². The van der Waals surface area contributed by atoms with Crippen molar-refractivity contribution in [3.8, 4) is 11.5 Å². The topological polar surface area (TPSA) is 58.6 Å². The second-order valence-corrected chi connectivity index (χ2v) is 4.66. The molecule has 0 aliphatic carbocycles. The maximum Gasteiger partial charge on any atom is 0.259 e. The van der Waals surface area contributed by atoms with Crippen LogP contribution in [0.3, 0.4) is 0 Å². The van der Waals surface area contributed by atoms with Crippen molar-refractivity contribution in [2.75, 3.05) is 12.4 Å². The Balaban J connectivity index is 2.29. The molecule has 0 unspecified atom stereocenters. The van der Waals surface area contributed by atoms with Crippen molar-refractivity contribution in [3.63, 3.8) is 0 Å². The van der Waals surface area contributed by atoms with E-state index in [1.165, 1.54) is 7.11 Å². The molecule has 4 nitrogen and oxygen atoms in total. The molecule has 0 aliphatic rings. The van der Waals surface area contributed by atoms with Gasteiger partial charge >= 0.3 is 0 Å². The lowest BCUT2D eigenvalue weighted by molar-refractivity contribution is 0.102. The number of nitrogens with one attached hydrogen (secondary N) is 1. The zero-order valence-corrected chi connectivity index (χ0v) is 12.5. The van der Waals surface area contributed by atoms with Crippen molar-refractivity contribution in [3.05, 3.63) is 53.6 Å². The van der Waals surface area contributed by atoms with Crippen LogP contribution in [0.25, 0.3) is 0 Å². The first-order valence-electron chi connectivity index (χ1n) is 5.98. The molecule has 0 saturated heterocycles. The van der Waals surface area contributed by atoms with Gasteiger partial charge in [0.1, 0.15) is 0 Å². The highest BCUT2D eigenvalue weighted by molar-refractivity contribution is 9.08. The van der Waals surface area contributed by atoms with E-state index in [0.717, 1.165) is 5.56 Å². The lowest BCUT2D eigenvalue weighted by Crippen LogP contribution is -2.13.